The van der Waals surface area contributed by atoms with Gasteiger partial charge in [-0.2, -0.15) is 0 Å². The number of rotatable bonds is 6. The second kappa shape index (κ2) is 7.29. The van der Waals surface area contributed by atoms with Gasteiger partial charge in [0.05, 0.1) is 6.61 Å². The SMILES string of the molecule is CC(C)COc1cc(Br)cnc1OCc1ccccc1. The van der Waals surface area contributed by atoms with Crippen LogP contribution in [0.25, 0.3) is 0 Å². The number of halogens is 1. The molecule has 0 atom stereocenters. The predicted octanol–water partition coefficient (Wildman–Crippen LogP) is 4.46. The fraction of sp³-hybridized carbons (Fsp3) is 0.312. The van der Waals surface area contributed by atoms with E-state index >= 15 is 0 Å². The van der Waals surface area contributed by atoms with Crippen LogP contribution in [0.15, 0.2) is 47.1 Å². The van der Waals surface area contributed by atoms with E-state index in [2.05, 4.69) is 34.8 Å². The maximum atomic E-state index is 5.75. The molecule has 4 heteroatoms. The van der Waals surface area contributed by atoms with Crippen molar-refractivity contribution in [2.45, 2.75) is 20.5 Å². The van der Waals surface area contributed by atoms with Crippen molar-refractivity contribution < 1.29 is 9.47 Å². The smallest absolute Gasteiger partial charge is 0.257 e. The van der Waals surface area contributed by atoms with Crippen LogP contribution in [-0.4, -0.2) is 11.6 Å². The zero-order chi connectivity index (χ0) is 14.4. The Morgan fingerprint density at radius 1 is 1.15 bits per heavy atom. The lowest BCUT2D eigenvalue weighted by Gasteiger charge is -2.13. The van der Waals surface area contributed by atoms with Crippen molar-refractivity contribution in [1.82, 2.24) is 4.98 Å². The van der Waals surface area contributed by atoms with E-state index in [0.29, 0.717) is 30.8 Å². The van der Waals surface area contributed by atoms with Crippen LogP contribution in [0.5, 0.6) is 11.6 Å². The summed E-state index contributed by atoms with van der Waals surface area (Å²) >= 11 is 3.40. The summed E-state index contributed by atoms with van der Waals surface area (Å²) < 4.78 is 12.4. The summed E-state index contributed by atoms with van der Waals surface area (Å²) in [5, 5.41) is 0. The third-order valence-electron chi connectivity index (χ3n) is 2.58. The molecule has 0 radical (unpaired) electrons. The number of benzene rings is 1. The van der Waals surface area contributed by atoms with Crippen LogP contribution in [0, 0.1) is 5.92 Å². The van der Waals surface area contributed by atoms with Crippen LogP contribution in [0.3, 0.4) is 0 Å². The zero-order valence-electron chi connectivity index (χ0n) is 11.7. The van der Waals surface area contributed by atoms with Gasteiger partial charge in [-0.05, 0) is 27.4 Å². The van der Waals surface area contributed by atoms with E-state index in [4.69, 9.17) is 9.47 Å². The quantitative estimate of drug-likeness (QED) is 0.781. The second-order valence-electron chi connectivity index (χ2n) is 4.94. The van der Waals surface area contributed by atoms with Gasteiger partial charge in [0.15, 0.2) is 5.75 Å². The lowest BCUT2D eigenvalue weighted by atomic mass is 10.2. The Morgan fingerprint density at radius 3 is 2.60 bits per heavy atom. The molecule has 0 fully saturated rings. The second-order valence-corrected chi connectivity index (χ2v) is 5.85. The highest BCUT2D eigenvalue weighted by atomic mass is 79.9. The highest BCUT2D eigenvalue weighted by Gasteiger charge is 2.09. The molecule has 20 heavy (non-hydrogen) atoms. The summed E-state index contributed by atoms with van der Waals surface area (Å²) in [5.41, 5.74) is 1.10. The molecule has 0 saturated heterocycles. The number of pyridine rings is 1. The summed E-state index contributed by atoms with van der Waals surface area (Å²) in [6, 6.07) is 11.9. The normalized spacial score (nSPS) is 10.6. The molecule has 0 amide bonds. The van der Waals surface area contributed by atoms with Crippen molar-refractivity contribution in [1.29, 1.82) is 0 Å². The largest absolute Gasteiger partial charge is 0.488 e. The Morgan fingerprint density at radius 2 is 1.90 bits per heavy atom. The lowest BCUT2D eigenvalue weighted by Crippen LogP contribution is -2.07. The highest BCUT2D eigenvalue weighted by Crippen LogP contribution is 2.28. The Kier molecular flexibility index (Phi) is 5.41. The molecule has 0 bridgehead atoms. The number of aromatic nitrogens is 1. The minimum Gasteiger partial charge on any atom is -0.488 e. The molecule has 3 nitrogen and oxygen atoms in total. The zero-order valence-corrected chi connectivity index (χ0v) is 13.3. The molecule has 0 saturated carbocycles. The first-order valence-corrected chi connectivity index (χ1v) is 7.39. The molecule has 0 aliphatic carbocycles. The molecule has 0 N–H and O–H groups in total. The number of hydrogen-bond donors (Lipinski definition) is 0. The van der Waals surface area contributed by atoms with Crippen LogP contribution < -0.4 is 9.47 Å². The van der Waals surface area contributed by atoms with Crippen LogP contribution in [0.1, 0.15) is 19.4 Å². The minimum atomic E-state index is 0.455. The topological polar surface area (TPSA) is 31.4 Å². The molecule has 2 rings (SSSR count). The number of ether oxygens (including phenoxy) is 2. The third kappa shape index (κ3) is 4.53. The van der Waals surface area contributed by atoms with Gasteiger partial charge >= 0.3 is 0 Å². The van der Waals surface area contributed by atoms with Crippen LogP contribution in [0.4, 0.5) is 0 Å². The van der Waals surface area contributed by atoms with Crippen molar-refractivity contribution in [3.8, 4) is 11.6 Å². The van der Waals surface area contributed by atoms with Crippen LogP contribution >= 0.6 is 15.9 Å². The van der Waals surface area contributed by atoms with Crippen molar-refractivity contribution in [2.24, 2.45) is 5.92 Å². The Labute approximate surface area is 128 Å². The molecular weight excluding hydrogens is 318 g/mol. The maximum Gasteiger partial charge on any atom is 0.257 e. The average molecular weight is 336 g/mol. The molecule has 0 unspecified atom stereocenters. The van der Waals surface area contributed by atoms with Crippen molar-refractivity contribution in [3.63, 3.8) is 0 Å². The lowest BCUT2D eigenvalue weighted by molar-refractivity contribution is 0.233. The summed E-state index contributed by atoms with van der Waals surface area (Å²) in [5.74, 6) is 1.65. The van der Waals surface area contributed by atoms with E-state index in [1.165, 1.54) is 0 Å². The fourth-order valence-electron chi connectivity index (χ4n) is 1.60. The summed E-state index contributed by atoms with van der Waals surface area (Å²) in [6.45, 7) is 5.33. The van der Waals surface area contributed by atoms with E-state index in [0.717, 1.165) is 10.0 Å². The Bertz CT molecular complexity index is 543. The first kappa shape index (κ1) is 14.9. The monoisotopic (exact) mass is 335 g/mol. The number of nitrogens with zero attached hydrogens (tertiary/aromatic N) is 1. The molecule has 1 aromatic carbocycles. The summed E-state index contributed by atoms with van der Waals surface area (Å²) in [6.07, 6.45) is 1.71. The summed E-state index contributed by atoms with van der Waals surface area (Å²) in [4.78, 5) is 4.28. The van der Waals surface area contributed by atoms with Gasteiger partial charge in [-0.3, -0.25) is 0 Å². The highest BCUT2D eigenvalue weighted by molar-refractivity contribution is 9.10. The first-order valence-electron chi connectivity index (χ1n) is 6.60. The molecule has 106 valence electrons. The van der Waals surface area contributed by atoms with E-state index in [1.54, 1.807) is 6.20 Å². The number of hydrogen-bond acceptors (Lipinski definition) is 3. The molecule has 0 aliphatic rings. The fourth-order valence-corrected chi connectivity index (χ4v) is 1.91. The Hall–Kier alpha value is -1.55. The van der Waals surface area contributed by atoms with Gasteiger partial charge in [0.25, 0.3) is 5.88 Å². The van der Waals surface area contributed by atoms with E-state index in [9.17, 15) is 0 Å². The summed E-state index contributed by atoms with van der Waals surface area (Å²) in [7, 11) is 0. The van der Waals surface area contributed by atoms with Gasteiger partial charge in [0, 0.05) is 16.7 Å². The van der Waals surface area contributed by atoms with Crippen LogP contribution in [-0.2, 0) is 6.61 Å². The molecule has 0 spiro atoms. The van der Waals surface area contributed by atoms with Gasteiger partial charge in [-0.1, -0.05) is 44.2 Å². The van der Waals surface area contributed by atoms with Gasteiger partial charge in [0.2, 0.25) is 0 Å². The predicted molar refractivity (Wildman–Crippen MR) is 83.0 cm³/mol. The van der Waals surface area contributed by atoms with Gasteiger partial charge < -0.3 is 9.47 Å². The average Bonchev–Trinajstić information content (AvgIpc) is 2.45. The van der Waals surface area contributed by atoms with E-state index in [-0.39, 0.29) is 0 Å². The van der Waals surface area contributed by atoms with Gasteiger partial charge in [0.1, 0.15) is 6.61 Å². The van der Waals surface area contributed by atoms with Crippen molar-refractivity contribution in [2.75, 3.05) is 6.61 Å². The van der Waals surface area contributed by atoms with E-state index < -0.39 is 0 Å². The van der Waals surface area contributed by atoms with Crippen molar-refractivity contribution >= 4 is 15.9 Å². The molecule has 2 aromatic rings. The van der Waals surface area contributed by atoms with Crippen molar-refractivity contribution in [3.05, 3.63) is 52.6 Å². The standard InChI is InChI=1S/C16H18BrNO2/c1-12(2)10-19-15-8-14(17)9-18-16(15)20-11-13-6-4-3-5-7-13/h3-9,12H,10-11H2,1-2H3. The molecular formula is C16H18BrNO2. The Balaban J connectivity index is 2.06. The molecule has 1 heterocycles. The molecule has 0 aliphatic heterocycles. The maximum absolute atomic E-state index is 5.75. The van der Waals surface area contributed by atoms with Gasteiger partial charge in [-0.25, -0.2) is 4.98 Å². The van der Waals surface area contributed by atoms with E-state index in [1.807, 2.05) is 36.4 Å². The van der Waals surface area contributed by atoms with Crippen LogP contribution in [0.2, 0.25) is 0 Å². The first-order chi connectivity index (χ1) is 9.65. The third-order valence-corrected chi connectivity index (χ3v) is 3.01. The minimum absolute atomic E-state index is 0.455. The molecule has 1 aromatic heterocycles. The van der Waals surface area contributed by atoms with Gasteiger partial charge in [-0.15, -0.1) is 0 Å².